The van der Waals surface area contributed by atoms with Crippen LogP contribution in [0.5, 0.6) is 0 Å². The van der Waals surface area contributed by atoms with Crippen molar-refractivity contribution < 1.29 is 9.63 Å². The second kappa shape index (κ2) is 6.77. The molecule has 0 radical (unpaired) electrons. The van der Waals surface area contributed by atoms with Gasteiger partial charge in [-0.2, -0.15) is 0 Å². The van der Waals surface area contributed by atoms with Gasteiger partial charge in [-0.05, 0) is 28.3 Å². The van der Waals surface area contributed by atoms with Gasteiger partial charge >= 0.3 is 0 Å². The third-order valence-corrected chi connectivity index (χ3v) is 4.81. The fraction of sp³-hybridized carbons (Fsp3) is 0.174. The lowest BCUT2D eigenvalue weighted by atomic mass is 9.98. The van der Waals surface area contributed by atoms with E-state index in [2.05, 4.69) is 55.4 Å². The minimum atomic E-state index is -0.118. The van der Waals surface area contributed by atoms with Gasteiger partial charge in [0.25, 0.3) is 0 Å². The number of aromatic nitrogens is 1. The van der Waals surface area contributed by atoms with Gasteiger partial charge in [0.1, 0.15) is 5.69 Å². The summed E-state index contributed by atoms with van der Waals surface area (Å²) in [5.41, 5.74) is 4.56. The van der Waals surface area contributed by atoms with Crippen LogP contribution in [0.25, 0.3) is 33.4 Å². The maximum absolute atomic E-state index is 9.97. The van der Waals surface area contributed by atoms with E-state index in [1.54, 1.807) is 0 Å². The topological polar surface area (TPSA) is 46.3 Å². The smallest absolute Gasteiger partial charge is 0.173 e. The highest BCUT2D eigenvalue weighted by atomic mass is 16.5. The summed E-state index contributed by atoms with van der Waals surface area (Å²) in [5, 5.41) is 16.5. The average molecular weight is 343 g/mol. The third kappa shape index (κ3) is 2.91. The van der Waals surface area contributed by atoms with Gasteiger partial charge in [0, 0.05) is 11.1 Å². The van der Waals surface area contributed by atoms with Crippen molar-refractivity contribution in [3.05, 3.63) is 77.9 Å². The van der Waals surface area contributed by atoms with Gasteiger partial charge in [-0.25, -0.2) is 0 Å². The summed E-state index contributed by atoms with van der Waals surface area (Å²) in [6.45, 7) is 4.22. The molecule has 0 saturated heterocycles. The van der Waals surface area contributed by atoms with Crippen LogP contribution in [0.4, 0.5) is 0 Å². The van der Waals surface area contributed by atoms with Crippen LogP contribution in [0.15, 0.2) is 71.3 Å². The summed E-state index contributed by atoms with van der Waals surface area (Å²) in [6.07, 6.45) is 0. The fourth-order valence-corrected chi connectivity index (χ4v) is 3.27. The predicted octanol–water partition coefficient (Wildman–Crippen LogP) is 5.78. The van der Waals surface area contributed by atoms with E-state index in [4.69, 9.17) is 4.52 Å². The Hall–Kier alpha value is -2.91. The fourth-order valence-electron chi connectivity index (χ4n) is 3.27. The number of nitrogens with zero attached hydrogens (tertiary/aromatic N) is 1. The number of fused-ring (bicyclic) bond motifs is 1. The molecule has 1 N–H and O–H groups in total. The number of benzene rings is 3. The molecule has 1 aromatic heterocycles. The van der Waals surface area contributed by atoms with Gasteiger partial charge in [-0.1, -0.05) is 79.7 Å². The Morgan fingerprint density at radius 3 is 2.27 bits per heavy atom. The molecule has 3 nitrogen and oxygen atoms in total. The molecular weight excluding hydrogens is 322 g/mol. The second-order valence-corrected chi connectivity index (χ2v) is 6.84. The monoisotopic (exact) mass is 343 g/mol. The molecule has 3 aromatic carbocycles. The molecular formula is C23H21NO2. The van der Waals surface area contributed by atoms with Crippen LogP contribution in [0.3, 0.4) is 0 Å². The summed E-state index contributed by atoms with van der Waals surface area (Å²) < 4.78 is 5.63. The van der Waals surface area contributed by atoms with E-state index in [1.165, 1.54) is 10.9 Å². The lowest BCUT2D eigenvalue weighted by Crippen LogP contribution is -1.90. The quantitative estimate of drug-likeness (QED) is 0.511. The molecule has 0 atom stereocenters. The van der Waals surface area contributed by atoms with Crippen molar-refractivity contribution in [3.8, 4) is 22.6 Å². The molecule has 0 aliphatic rings. The van der Waals surface area contributed by atoms with Crippen molar-refractivity contribution in [3.63, 3.8) is 0 Å². The number of hydrogen-bond donors (Lipinski definition) is 1. The Labute approximate surface area is 152 Å². The van der Waals surface area contributed by atoms with Crippen molar-refractivity contribution in [1.29, 1.82) is 0 Å². The minimum absolute atomic E-state index is 0.118. The van der Waals surface area contributed by atoms with E-state index in [1.807, 2.05) is 30.3 Å². The Morgan fingerprint density at radius 1 is 0.885 bits per heavy atom. The molecule has 4 aromatic rings. The number of hydrogen-bond acceptors (Lipinski definition) is 3. The number of rotatable bonds is 4. The maximum Gasteiger partial charge on any atom is 0.173 e. The van der Waals surface area contributed by atoms with Crippen molar-refractivity contribution >= 4 is 10.8 Å². The molecule has 0 aliphatic carbocycles. The van der Waals surface area contributed by atoms with E-state index in [-0.39, 0.29) is 6.61 Å². The summed E-state index contributed by atoms with van der Waals surface area (Å²) in [7, 11) is 0. The standard InChI is InChI=1S/C23H21NO2/c1-15(2)16-7-10-18(11-8-16)23-21(14-25)22(24-26-23)20-12-9-17-5-3-4-6-19(17)13-20/h3-13,15,25H,14H2,1-2H3. The zero-order valence-electron chi connectivity index (χ0n) is 14.9. The molecule has 26 heavy (non-hydrogen) atoms. The molecule has 0 bridgehead atoms. The van der Waals surface area contributed by atoms with Gasteiger partial charge in [0.05, 0.1) is 12.2 Å². The Balaban J connectivity index is 1.78. The third-order valence-electron chi connectivity index (χ3n) is 4.81. The van der Waals surface area contributed by atoms with E-state index in [0.29, 0.717) is 17.4 Å². The molecule has 0 spiro atoms. The summed E-state index contributed by atoms with van der Waals surface area (Å²) in [6, 6.07) is 22.6. The highest BCUT2D eigenvalue weighted by Gasteiger charge is 2.18. The summed E-state index contributed by atoms with van der Waals surface area (Å²) in [4.78, 5) is 0. The number of aliphatic hydroxyl groups excluding tert-OH is 1. The Kier molecular flexibility index (Phi) is 4.31. The molecule has 0 amide bonds. The van der Waals surface area contributed by atoms with Crippen molar-refractivity contribution in [2.45, 2.75) is 26.4 Å². The minimum Gasteiger partial charge on any atom is -0.391 e. The van der Waals surface area contributed by atoms with Crippen molar-refractivity contribution in [1.82, 2.24) is 5.16 Å². The average Bonchev–Trinajstić information content (AvgIpc) is 3.11. The van der Waals surface area contributed by atoms with Gasteiger partial charge in [-0.3, -0.25) is 0 Å². The van der Waals surface area contributed by atoms with Crippen LogP contribution >= 0.6 is 0 Å². The lowest BCUT2D eigenvalue weighted by Gasteiger charge is -2.06. The zero-order valence-corrected chi connectivity index (χ0v) is 14.9. The molecule has 3 heteroatoms. The summed E-state index contributed by atoms with van der Waals surface area (Å²) >= 11 is 0. The molecule has 0 saturated carbocycles. The first-order valence-corrected chi connectivity index (χ1v) is 8.86. The first-order chi connectivity index (χ1) is 12.7. The molecule has 1 heterocycles. The maximum atomic E-state index is 9.97. The van der Waals surface area contributed by atoms with E-state index >= 15 is 0 Å². The SMILES string of the molecule is CC(C)c1ccc(-c2onc(-c3ccc4ccccc4c3)c2CO)cc1. The van der Waals surface area contributed by atoms with Crippen LogP contribution in [-0.2, 0) is 6.61 Å². The first kappa shape index (κ1) is 16.6. The highest BCUT2D eigenvalue weighted by molar-refractivity contribution is 5.87. The van der Waals surface area contributed by atoms with E-state index in [9.17, 15) is 5.11 Å². The van der Waals surface area contributed by atoms with Crippen molar-refractivity contribution in [2.24, 2.45) is 0 Å². The molecule has 0 fully saturated rings. The normalized spacial score (nSPS) is 11.4. The first-order valence-electron chi connectivity index (χ1n) is 8.86. The summed E-state index contributed by atoms with van der Waals surface area (Å²) in [5.74, 6) is 1.11. The highest BCUT2D eigenvalue weighted by Crippen LogP contribution is 2.34. The van der Waals surface area contributed by atoms with Gasteiger partial charge < -0.3 is 9.63 Å². The van der Waals surface area contributed by atoms with Gasteiger partial charge in [0.2, 0.25) is 0 Å². The van der Waals surface area contributed by atoms with E-state index < -0.39 is 0 Å². The molecule has 130 valence electrons. The molecule has 0 aliphatic heterocycles. The molecule has 0 unspecified atom stereocenters. The zero-order chi connectivity index (χ0) is 18.1. The Bertz CT molecular complexity index is 1050. The largest absolute Gasteiger partial charge is 0.391 e. The second-order valence-electron chi connectivity index (χ2n) is 6.84. The van der Waals surface area contributed by atoms with Gasteiger partial charge in [-0.15, -0.1) is 0 Å². The lowest BCUT2D eigenvalue weighted by molar-refractivity contribution is 0.281. The van der Waals surface area contributed by atoms with Crippen LogP contribution in [0, 0.1) is 0 Å². The van der Waals surface area contributed by atoms with Crippen molar-refractivity contribution in [2.75, 3.05) is 0 Å². The van der Waals surface area contributed by atoms with Crippen LogP contribution in [0.2, 0.25) is 0 Å². The van der Waals surface area contributed by atoms with Crippen LogP contribution in [-0.4, -0.2) is 10.3 Å². The Morgan fingerprint density at radius 2 is 1.58 bits per heavy atom. The van der Waals surface area contributed by atoms with Crippen LogP contribution in [0.1, 0.15) is 30.9 Å². The predicted molar refractivity (Wildman–Crippen MR) is 105 cm³/mol. The van der Waals surface area contributed by atoms with Crippen LogP contribution < -0.4 is 0 Å². The number of aliphatic hydroxyl groups is 1. The van der Waals surface area contributed by atoms with Gasteiger partial charge in [0.15, 0.2) is 5.76 Å². The van der Waals surface area contributed by atoms with E-state index in [0.717, 1.165) is 22.1 Å². The molecule has 4 rings (SSSR count).